The highest BCUT2D eigenvalue weighted by atomic mass is 16.7. The van der Waals surface area contributed by atoms with Crippen molar-refractivity contribution >= 4 is 17.8 Å². The Kier molecular flexibility index (Phi) is 3.41. The van der Waals surface area contributed by atoms with Crippen molar-refractivity contribution in [2.24, 2.45) is 0 Å². The molecule has 2 fully saturated rings. The number of hydroxylamine groups is 2. The highest BCUT2D eigenvalue weighted by Gasteiger charge is 2.44. The smallest absolute Gasteiger partial charge is 0.328 e. The first kappa shape index (κ1) is 14.4. The third-order valence-electron chi connectivity index (χ3n) is 5.06. The molecule has 0 aromatic heterocycles. The Labute approximate surface area is 134 Å². The number of likely N-dealkylation sites (tertiary alicyclic amines) is 1. The van der Waals surface area contributed by atoms with Gasteiger partial charge in [0.05, 0.1) is 11.1 Å². The van der Waals surface area contributed by atoms with E-state index < -0.39 is 17.8 Å². The summed E-state index contributed by atoms with van der Waals surface area (Å²) < 4.78 is 0. The van der Waals surface area contributed by atoms with Gasteiger partial charge in [-0.25, -0.2) is 4.79 Å². The number of nitrogens with zero attached hydrogens (tertiary/aromatic N) is 2. The standard InChI is InChI=1S/C17H18N2O4/c20-15-12-7-3-4-8-13(12)16(21)19(15)23-17(22)14-9-10-18(14)11-5-1-2-6-11/h3-4,7-8,11,14H,1-2,5-6,9-10H2. The normalized spacial score (nSPS) is 24.7. The molecule has 0 radical (unpaired) electrons. The van der Waals surface area contributed by atoms with E-state index in [1.54, 1.807) is 24.3 Å². The fraction of sp³-hybridized carbons (Fsp3) is 0.471. The minimum absolute atomic E-state index is 0.284. The second kappa shape index (κ2) is 5.45. The summed E-state index contributed by atoms with van der Waals surface area (Å²) in [6.45, 7) is 0.881. The molecule has 6 nitrogen and oxygen atoms in total. The van der Waals surface area contributed by atoms with E-state index in [2.05, 4.69) is 4.90 Å². The first-order valence-corrected chi connectivity index (χ1v) is 8.12. The van der Waals surface area contributed by atoms with Gasteiger partial charge in [-0.15, -0.1) is 0 Å². The van der Waals surface area contributed by atoms with E-state index in [0.29, 0.717) is 11.1 Å². The van der Waals surface area contributed by atoms with Crippen LogP contribution in [0.4, 0.5) is 0 Å². The molecule has 1 atom stereocenters. The first-order valence-electron chi connectivity index (χ1n) is 8.12. The van der Waals surface area contributed by atoms with E-state index in [4.69, 9.17) is 4.84 Å². The van der Waals surface area contributed by atoms with E-state index in [-0.39, 0.29) is 17.2 Å². The zero-order chi connectivity index (χ0) is 16.0. The zero-order valence-corrected chi connectivity index (χ0v) is 12.7. The number of rotatable bonds is 3. The average molecular weight is 314 g/mol. The van der Waals surface area contributed by atoms with Gasteiger partial charge in [0.15, 0.2) is 0 Å². The van der Waals surface area contributed by atoms with Gasteiger partial charge in [-0.3, -0.25) is 14.5 Å². The lowest BCUT2D eigenvalue weighted by Crippen LogP contribution is -2.57. The Balaban J connectivity index is 1.45. The maximum atomic E-state index is 12.4. The second-order valence-corrected chi connectivity index (χ2v) is 6.34. The van der Waals surface area contributed by atoms with Crippen LogP contribution in [0.5, 0.6) is 0 Å². The molecular formula is C17H18N2O4. The number of imide groups is 1. The van der Waals surface area contributed by atoms with Crippen LogP contribution in [0.15, 0.2) is 24.3 Å². The van der Waals surface area contributed by atoms with Crippen molar-refractivity contribution in [1.29, 1.82) is 0 Å². The van der Waals surface area contributed by atoms with Crippen LogP contribution in [0.3, 0.4) is 0 Å². The Morgan fingerprint density at radius 1 is 1.00 bits per heavy atom. The van der Waals surface area contributed by atoms with Crippen LogP contribution in [0.2, 0.25) is 0 Å². The Bertz CT molecular complexity index is 646. The molecule has 120 valence electrons. The summed E-state index contributed by atoms with van der Waals surface area (Å²) in [5, 5.41) is 0.609. The van der Waals surface area contributed by atoms with Crippen LogP contribution in [0.1, 0.15) is 52.8 Å². The highest BCUT2D eigenvalue weighted by molar-refractivity contribution is 6.20. The largest absolute Gasteiger partial charge is 0.350 e. The maximum Gasteiger partial charge on any atom is 0.350 e. The third kappa shape index (κ3) is 2.25. The predicted molar refractivity (Wildman–Crippen MR) is 80.4 cm³/mol. The number of hydrogen-bond acceptors (Lipinski definition) is 5. The molecule has 1 aromatic carbocycles. The summed E-state index contributed by atoms with van der Waals surface area (Å²) in [7, 11) is 0. The van der Waals surface area contributed by atoms with Crippen LogP contribution in [-0.2, 0) is 9.63 Å². The number of hydrogen-bond donors (Lipinski definition) is 0. The Hall–Kier alpha value is -2.21. The van der Waals surface area contributed by atoms with Crippen molar-refractivity contribution in [3.05, 3.63) is 35.4 Å². The van der Waals surface area contributed by atoms with Gasteiger partial charge in [0, 0.05) is 12.6 Å². The molecule has 0 N–H and O–H groups in total. The summed E-state index contributed by atoms with van der Waals surface area (Å²) >= 11 is 0. The van der Waals surface area contributed by atoms with Crippen LogP contribution < -0.4 is 0 Å². The van der Waals surface area contributed by atoms with Gasteiger partial charge in [-0.2, -0.15) is 0 Å². The van der Waals surface area contributed by atoms with Gasteiger partial charge >= 0.3 is 5.97 Å². The molecule has 1 unspecified atom stereocenters. The maximum absolute atomic E-state index is 12.4. The molecule has 2 amide bonds. The zero-order valence-electron chi connectivity index (χ0n) is 12.7. The van der Waals surface area contributed by atoms with E-state index >= 15 is 0 Å². The van der Waals surface area contributed by atoms with Crippen LogP contribution in [-0.4, -0.2) is 46.4 Å². The number of carbonyl (C=O) groups is 3. The molecule has 0 spiro atoms. The van der Waals surface area contributed by atoms with Gasteiger partial charge in [-0.05, 0) is 31.4 Å². The van der Waals surface area contributed by atoms with Crippen molar-refractivity contribution in [1.82, 2.24) is 9.96 Å². The lowest BCUT2D eigenvalue weighted by Gasteiger charge is -2.43. The molecule has 1 aliphatic carbocycles. The molecule has 0 bridgehead atoms. The van der Waals surface area contributed by atoms with Crippen molar-refractivity contribution in [3.63, 3.8) is 0 Å². The molecule has 1 saturated carbocycles. The summed E-state index contributed by atoms with van der Waals surface area (Å²) in [5.74, 6) is -1.63. The molecule has 3 aliphatic rings. The molecule has 2 aliphatic heterocycles. The van der Waals surface area contributed by atoms with Gasteiger partial charge in [0.1, 0.15) is 6.04 Å². The van der Waals surface area contributed by atoms with Gasteiger partial charge in [0.25, 0.3) is 11.8 Å². The lowest BCUT2D eigenvalue weighted by atomic mass is 9.99. The summed E-state index contributed by atoms with van der Waals surface area (Å²) in [6, 6.07) is 6.60. The third-order valence-corrected chi connectivity index (χ3v) is 5.06. The summed E-state index contributed by atoms with van der Waals surface area (Å²) in [5.41, 5.74) is 0.568. The van der Waals surface area contributed by atoms with Crippen LogP contribution in [0.25, 0.3) is 0 Å². The fourth-order valence-electron chi connectivity index (χ4n) is 3.73. The first-order chi connectivity index (χ1) is 11.2. The fourth-order valence-corrected chi connectivity index (χ4v) is 3.73. The predicted octanol–water partition coefficient (Wildman–Crippen LogP) is 1.76. The minimum Gasteiger partial charge on any atom is -0.328 e. The van der Waals surface area contributed by atoms with Crippen LogP contribution in [0, 0.1) is 0 Å². The van der Waals surface area contributed by atoms with Crippen molar-refractivity contribution in [3.8, 4) is 0 Å². The Morgan fingerprint density at radius 2 is 1.61 bits per heavy atom. The average Bonchev–Trinajstić information content (AvgIpc) is 3.10. The highest BCUT2D eigenvalue weighted by Crippen LogP contribution is 2.32. The van der Waals surface area contributed by atoms with Gasteiger partial charge < -0.3 is 4.84 Å². The van der Waals surface area contributed by atoms with Crippen molar-refractivity contribution in [2.75, 3.05) is 6.54 Å². The number of amides is 2. The molecule has 4 rings (SSSR count). The molecule has 23 heavy (non-hydrogen) atoms. The monoisotopic (exact) mass is 314 g/mol. The quantitative estimate of drug-likeness (QED) is 0.795. The molecule has 6 heteroatoms. The van der Waals surface area contributed by atoms with E-state index in [9.17, 15) is 14.4 Å². The van der Waals surface area contributed by atoms with Gasteiger partial charge in [-0.1, -0.05) is 30.0 Å². The lowest BCUT2D eigenvalue weighted by molar-refractivity contribution is -0.181. The topological polar surface area (TPSA) is 66.9 Å². The van der Waals surface area contributed by atoms with E-state index in [1.165, 1.54) is 12.8 Å². The molecule has 1 aromatic rings. The van der Waals surface area contributed by atoms with Crippen molar-refractivity contribution < 1.29 is 19.2 Å². The number of fused-ring (bicyclic) bond motifs is 1. The summed E-state index contributed by atoms with van der Waals surface area (Å²) in [4.78, 5) is 44.1. The van der Waals surface area contributed by atoms with E-state index in [1.807, 2.05) is 0 Å². The summed E-state index contributed by atoms with van der Waals surface area (Å²) in [6.07, 6.45) is 5.33. The van der Waals surface area contributed by atoms with Gasteiger partial charge in [0.2, 0.25) is 0 Å². The van der Waals surface area contributed by atoms with Crippen LogP contribution >= 0.6 is 0 Å². The number of benzene rings is 1. The minimum atomic E-state index is -0.564. The van der Waals surface area contributed by atoms with E-state index in [0.717, 1.165) is 25.8 Å². The second-order valence-electron chi connectivity index (χ2n) is 6.34. The SMILES string of the molecule is O=C(ON1C(=O)c2ccccc2C1=O)C1CCN1C1CCCC1. The Morgan fingerprint density at radius 3 is 2.13 bits per heavy atom. The molecule has 1 saturated heterocycles. The molecule has 2 heterocycles. The number of carbonyl (C=O) groups excluding carboxylic acids is 3. The molecular weight excluding hydrogens is 296 g/mol. The van der Waals surface area contributed by atoms with Crippen molar-refractivity contribution in [2.45, 2.75) is 44.2 Å².